The van der Waals surface area contributed by atoms with Crippen LogP contribution in [-0.4, -0.2) is 24.7 Å². The van der Waals surface area contributed by atoms with Gasteiger partial charge in [0.15, 0.2) is 0 Å². The first-order chi connectivity index (χ1) is 9.65. The summed E-state index contributed by atoms with van der Waals surface area (Å²) < 4.78 is 10.0. The van der Waals surface area contributed by atoms with Crippen molar-refractivity contribution in [1.82, 2.24) is 4.98 Å². The molecule has 5 nitrogen and oxygen atoms in total. The third kappa shape index (κ3) is 2.86. The summed E-state index contributed by atoms with van der Waals surface area (Å²) in [5.41, 5.74) is 7.73. The monoisotopic (exact) mass is 272 g/mol. The number of carbonyl (C=O) groups excluding carboxylic acids is 1. The fourth-order valence-electron chi connectivity index (χ4n) is 2.06. The van der Waals surface area contributed by atoms with E-state index in [4.69, 9.17) is 16.9 Å². The number of hydrogen-bond acceptors (Lipinski definition) is 4. The van der Waals surface area contributed by atoms with Crippen LogP contribution >= 0.6 is 0 Å². The summed E-state index contributed by atoms with van der Waals surface area (Å²) in [4.78, 5) is 14.3. The minimum Gasteiger partial charge on any atom is -0.481 e. The molecule has 2 aromatic rings. The number of benzene rings is 1. The molecule has 0 saturated heterocycles. The highest BCUT2D eigenvalue weighted by Gasteiger charge is 2.12. The minimum atomic E-state index is -0.265. The second-order valence-electron chi connectivity index (χ2n) is 4.29. The van der Waals surface area contributed by atoms with Crippen molar-refractivity contribution in [3.63, 3.8) is 0 Å². The van der Waals surface area contributed by atoms with Crippen molar-refractivity contribution in [2.24, 2.45) is 0 Å². The second kappa shape index (κ2) is 6.02. The van der Waals surface area contributed by atoms with Gasteiger partial charge in [0.1, 0.15) is 18.2 Å². The Labute approximate surface area is 117 Å². The van der Waals surface area contributed by atoms with Crippen LogP contribution in [0, 0.1) is 12.3 Å². The molecule has 104 valence electrons. The van der Waals surface area contributed by atoms with E-state index < -0.39 is 0 Å². The molecule has 0 saturated carbocycles. The van der Waals surface area contributed by atoms with Crippen molar-refractivity contribution < 1.29 is 14.3 Å². The van der Waals surface area contributed by atoms with Gasteiger partial charge in [0.05, 0.1) is 7.11 Å². The smallest absolute Gasteiger partial charge is 0.305 e. The topological polar surface area (TPSA) is 77.3 Å². The predicted molar refractivity (Wildman–Crippen MR) is 77.4 cm³/mol. The van der Waals surface area contributed by atoms with Crippen LogP contribution in [0.1, 0.15) is 12.0 Å². The van der Waals surface area contributed by atoms with Crippen molar-refractivity contribution in [1.29, 1.82) is 0 Å². The summed E-state index contributed by atoms with van der Waals surface area (Å²) >= 11 is 0. The largest absolute Gasteiger partial charge is 0.481 e. The van der Waals surface area contributed by atoms with Gasteiger partial charge in [-0.05, 0) is 24.6 Å². The van der Waals surface area contributed by atoms with E-state index in [-0.39, 0.29) is 19.0 Å². The lowest BCUT2D eigenvalue weighted by Gasteiger charge is -2.04. The van der Waals surface area contributed by atoms with E-state index in [0.717, 1.165) is 16.5 Å². The summed E-state index contributed by atoms with van der Waals surface area (Å²) in [6, 6.07) is 5.56. The fourth-order valence-corrected chi connectivity index (χ4v) is 2.06. The average molecular weight is 272 g/mol. The lowest BCUT2D eigenvalue weighted by Crippen LogP contribution is -2.03. The Balaban J connectivity index is 2.30. The van der Waals surface area contributed by atoms with Crippen molar-refractivity contribution in [3.8, 4) is 18.1 Å². The van der Waals surface area contributed by atoms with Crippen LogP contribution < -0.4 is 10.5 Å². The molecule has 1 aromatic carbocycles. The number of nitrogens with two attached hydrogens (primary N) is 1. The highest BCUT2D eigenvalue weighted by atomic mass is 16.5. The van der Waals surface area contributed by atoms with Crippen LogP contribution in [0.15, 0.2) is 18.2 Å². The van der Waals surface area contributed by atoms with Gasteiger partial charge in [-0.2, -0.15) is 0 Å². The van der Waals surface area contributed by atoms with E-state index in [1.807, 2.05) is 18.2 Å². The molecule has 1 aromatic heterocycles. The number of fused-ring (bicyclic) bond motifs is 1. The molecular formula is C15H16N2O3. The molecule has 0 bridgehead atoms. The number of H-pyrrole nitrogens is 1. The molecular weight excluding hydrogens is 256 g/mol. The minimum absolute atomic E-state index is 0.211. The normalized spacial score (nSPS) is 10.2. The first-order valence-corrected chi connectivity index (χ1v) is 6.19. The number of nitrogens with one attached hydrogen (secondary N) is 1. The van der Waals surface area contributed by atoms with Crippen molar-refractivity contribution >= 4 is 22.7 Å². The van der Waals surface area contributed by atoms with Crippen LogP contribution in [0.3, 0.4) is 0 Å². The van der Waals surface area contributed by atoms with Crippen LogP contribution in [0.2, 0.25) is 0 Å². The van der Waals surface area contributed by atoms with Crippen molar-refractivity contribution in [2.45, 2.75) is 12.8 Å². The number of nitrogen functional groups attached to an aromatic ring is 1. The first-order valence-electron chi connectivity index (χ1n) is 6.19. The van der Waals surface area contributed by atoms with Gasteiger partial charge in [-0.15, -0.1) is 6.42 Å². The number of rotatable bonds is 5. The van der Waals surface area contributed by atoms with Crippen LogP contribution in [0.25, 0.3) is 10.9 Å². The predicted octanol–water partition coefficient (Wildman–Crippen LogP) is 1.87. The van der Waals surface area contributed by atoms with E-state index in [1.54, 1.807) is 0 Å². The zero-order chi connectivity index (χ0) is 14.5. The van der Waals surface area contributed by atoms with Crippen LogP contribution in [0.5, 0.6) is 5.75 Å². The number of terminal acetylenes is 1. The maximum Gasteiger partial charge on any atom is 0.305 e. The number of ether oxygens (including phenoxy) is 2. The van der Waals surface area contributed by atoms with Crippen molar-refractivity contribution in [2.75, 3.05) is 19.5 Å². The molecule has 0 atom stereocenters. The molecule has 0 spiro atoms. The summed E-state index contributed by atoms with van der Waals surface area (Å²) in [5.74, 6) is 3.38. The lowest BCUT2D eigenvalue weighted by atomic mass is 10.1. The molecule has 0 aliphatic carbocycles. The van der Waals surface area contributed by atoms with Gasteiger partial charge in [0.2, 0.25) is 0 Å². The standard InChI is InChI=1S/C15H16N2O3/c1-3-8-20-10-4-6-13-12(9-10)11(15(16)17-13)5-7-14(18)19-2/h1,4,6,9,17H,5,7-8,16H2,2H3. The Bertz CT molecular complexity index is 668. The quantitative estimate of drug-likeness (QED) is 0.643. The molecule has 0 amide bonds. The van der Waals surface area contributed by atoms with Gasteiger partial charge in [0, 0.05) is 22.9 Å². The number of carbonyl (C=O) groups is 1. The molecule has 0 fully saturated rings. The number of anilines is 1. The van der Waals surface area contributed by atoms with E-state index in [1.165, 1.54) is 7.11 Å². The van der Waals surface area contributed by atoms with E-state index >= 15 is 0 Å². The maximum absolute atomic E-state index is 11.2. The maximum atomic E-state index is 11.2. The first kappa shape index (κ1) is 13.8. The van der Waals surface area contributed by atoms with Crippen LogP contribution in [0.4, 0.5) is 5.82 Å². The highest BCUT2D eigenvalue weighted by Crippen LogP contribution is 2.29. The molecule has 20 heavy (non-hydrogen) atoms. The molecule has 5 heteroatoms. The third-order valence-corrected chi connectivity index (χ3v) is 3.04. The molecule has 2 rings (SSSR count). The van der Waals surface area contributed by atoms with Gasteiger partial charge in [0.25, 0.3) is 0 Å². The molecule has 0 unspecified atom stereocenters. The van der Waals surface area contributed by atoms with Crippen molar-refractivity contribution in [3.05, 3.63) is 23.8 Å². The lowest BCUT2D eigenvalue weighted by molar-refractivity contribution is -0.140. The third-order valence-electron chi connectivity index (χ3n) is 3.04. The molecule has 3 N–H and O–H groups in total. The average Bonchev–Trinajstić information content (AvgIpc) is 2.77. The zero-order valence-corrected chi connectivity index (χ0v) is 11.2. The number of aromatic nitrogens is 1. The van der Waals surface area contributed by atoms with E-state index in [2.05, 4.69) is 15.6 Å². The summed E-state index contributed by atoms with van der Waals surface area (Å²) in [5, 5.41) is 0.931. The van der Waals surface area contributed by atoms with Crippen LogP contribution in [-0.2, 0) is 16.0 Å². The number of esters is 1. The highest BCUT2D eigenvalue weighted by molar-refractivity contribution is 5.89. The molecule has 0 aliphatic heterocycles. The Hall–Kier alpha value is -2.61. The van der Waals surface area contributed by atoms with Gasteiger partial charge in [-0.25, -0.2) is 0 Å². The second-order valence-corrected chi connectivity index (χ2v) is 4.29. The number of methoxy groups -OCH3 is 1. The summed E-state index contributed by atoms with van der Waals surface area (Å²) in [6.45, 7) is 0.211. The summed E-state index contributed by atoms with van der Waals surface area (Å²) in [6.07, 6.45) is 5.96. The van der Waals surface area contributed by atoms with E-state index in [9.17, 15) is 4.79 Å². The Morgan fingerprint density at radius 1 is 1.50 bits per heavy atom. The van der Waals surface area contributed by atoms with E-state index in [0.29, 0.717) is 18.0 Å². The number of hydrogen-bond donors (Lipinski definition) is 2. The zero-order valence-electron chi connectivity index (χ0n) is 11.2. The number of aryl methyl sites for hydroxylation is 1. The van der Waals surface area contributed by atoms with Gasteiger partial charge in [-0.3, -0.25) is 4.79 Å². The summed E-state index contributed by atoms with van der Waals surface area (Å²) in [7, 11) is 1.37. The number of aromatic amines is 1. The van der Waals surface area contributed by atoms with Gasteiger partial charge in [-0.1, -0.05) is 5.92 Å². The van der Waals surface area contributed by atoms with Gasteiger partial charge >= 0.3 is 5.97 Å². The Kier molecular flexibility index (Phi) is 4.16. The molecule has 0 aliphatic rings. The molecule has 0 radical (unpaired) electrons. The Morgan fingerprint density at radius 2 is 2.30 bits per heavy atom. The molecule has 1 heterocycles. The fraction of sp³-hybridized carbons (Fsp3) is 0.267. The SMILES string of the molecule is C#CCOc1ccc2[nH]c(N)c(CCC(=O)OC)c2c1. The van der Waals surface area contributed by atoms with Gasteiger partial charge < -0.3 is 20.2 Å². The Morgan fingerprint density at radius 3 is 3.00 bits per heavy atom.